The minimum absolute atomic E-state index is 0.146. The highest BCUT2D eigenvalue weighted by Crippen LogP contribution is 2.35. The van der Waals surface area contributed by atoms with E-state index < -0.39 is 4.92 Å². The van der Waals surface area contributed by atoms with Crippen molar-refractivity contribution in [2.24, 2.45) is 4.99 Å². The van der Waals surface area contributed by atoms with Gasteiger partial charge in [0.15, 0.2) is 5.17 Å². The van der Waals surface area contributed by atoms with Gasteiger partial charge in [0.05, 0.1) is 15.4 Å². The van der Waals surface area contributed by atoms with Crippen LogP contribution in [-0.2, 0) is 4.79 Å². The number of nitrogens with zero attached hydrogens (tertiary/aromatic N) is 4. The van der Waals surface area contributed by atoms with Crippen molar-refractivity contribution in [2.75, 3.05) is 31.1 Å². The molecule has 0 atom stereocenters. The van der Waals surface area contributed by atoms with Gasteiger partial charge in [0.1, 0.15) is 11.5 Å². The number of nitro groups is 1. The average Bonchev–Trinajstić information content (AvgIpc) is 3.46. The minimum atomic E-state index is -0.503. The van der Waals surface area contributed by atoms with E-state index >= 15 is 0 Å². The summed E-state index contributed by atoms with van der Waals surface area (Å²) in [6, 6.07) is 16.2. The van der Waals surface area contributed by atoms with Gasteiger partial charge in [-0.2, -0.15) is 4.99 Å². The molecule has 2 aliphatic heterocycles. The van der Waals surface area contributed by atoms with Gasteiger partial charge in [-0.1, -0.05) is 29.3 Å². The molecule has 0 unspecified atom stereocenters. The Morgan fingerprint density at radius 2 is 1.77 bits per heavy atom. The normalized spacial score (nSPS) is 17.3. The third-order valence-electron chi connectivity index (χ3n) is 5.88. The second kappa shape index (κ2) is 9.59. The fourth-order valence-electron chi connectivity index (χ4n) is 4.01. The standard InChI is InChI=1S/C25H21ClN4O4S/c1-16-2-5-18(6-3-16)28-10-12-29(13-11-28)25-27-24(31)23(35-25)15-19-7-9-22(34-19)20-8-4-17(26)14-21(20)30(32)33/h2-9,14-15H,10-13H2,1H3. The summed E-state index contributed by atoms with van der Waals surface area (Å²) in [6.07, 6.45) is 1.62. The number of nitro benzene ring substituents is 1. The zero-order valence-electron chi connectivity index (χ0n) is 18.8. The van der Waals surface area contributed by atoms with Crippen molar-refractivity contribution in [2.45, 2.75) is 6.92 Å². The third kappa shape index (κ3) is 4.96. The number of aryl methyl sites for hydroxylation is 1. The van der Waals surface area contributed by atoms with E-state index in [0.29, 0.717) is 27.2 Å². The monoisotopic (exact) mass is 508 g/mol. The number of aliphatic imine (C=N–C) groups is 1. The van der Waals surface area contributed by atoms with Gasteiger partial charge in [-0.3, -0.25) is 14.9 Å². The van der Waals surface area contributed by atoms with Gasteiger partial charge in [-0.25, -0.2) is 0 Å². The highest BCUT2D eigenvalue weighted by molar-refractivity contribution is 8.18. The molecule has 10 heteroatoms. The lowest BCUT2D eigenvalue weighted by molar-refractivity contribution is -0.384. The zero-order chi connectivity index (χ0) is 24.5. The Labute approximate surface area is 211 Å². The van der Waals surface area contributed by atoms with Crippen LogP contribution in [0, 0.1) is 17.0 Å². The fraction of sp³-hybridized carbons (Fsp3) is 0.200. The van der Waals surface area contributed by atoms with Crippen LogP contribution >= 0.6 is 23.4 Å². The van der Waals surface area contributed by atoms with Crippen LogP contribution in [0.4, 0.5) is 11.4 Å². The summed E-state index contributed by atoms with van der Waals surface area (Å²) in [5.41, 5.74) is 2.60. The number of piperazine rings is 1. The number of carbonyl (C=O) groups is 1. The van der Waals surface area contributed by atoms with Crippen LogP contribution in [0.1, 0.15) is 11.3 Å². The molecule has 1 fully saturated rings. The Kier molecular flexibility index (Phi) is 6.36. The van der Waals surface area contributed by atoms with Gasteiger partial charge in [0.25, 0.3) is 11.6 Å². The number of thioether (sulfide) groups is 1. The minimum Gasteiger partial charge on any atom is -0.456 e. The molecular weight excluding hydrogens is 488 g/mol. The SMILES string of the molecule is Cc1ccc(N2CCN(C3=NC(=O)C(=Cc4ccc(-c5ccc(Cl)cc5[N+](=O)[O-])o4)S3)CC2)cc1. The van der Waals surface area contributed by atoms with Crippen LogP contribution in [0.5, 0.6) is 0 Å². The number of amides is 1. The van der Waals surface area contributed by atoms with Gasteiger partial charge in [-0.05, 0) is 55.1 Å². The van der Waals surface area contributed by atoms with Crippen LogP contribution in [0.2, 0.25) is 5.02 Å². The van der Waals surface area contributed by atoms with Crippen molar-refractivity contribution < 1.29 is 14.1 Å². The largest absolute Gasteiger partial charge is 0.456 e. The number of rotatable bonds is 4. The average molecular weight is 509 g/mol. The van der Waals surface area contributed by atoms with Crippen molar-refractivity contribution in [1.29, 1.82) is 0 Å². The summed E-state index contributed by atoms with van der Waals surface area (Å²) < 4.78 is 5.80. The molecule has 0 N–H and O–H groups in total. The maximum absolute atomic E-state index is 12.5. The summed E-state index contributed by atoms with van der Waals surface area (Å²) in [4.78, 5) is 32.6. The van der Waals surface area contributed by atoms with E-state index in [-0.39, 0.29) is 16.6 Å². The summed E-state index contributed by atoms with van der Waals surface area (Å²) in [5.74, 6) is 0.422. The maximum Gasteiger partial charge on any atom is 0.286 e. The zero-order valence-corrected chi connectivity index (χ0v) is 20.4. The number of hydrogen-bond donors (Lipinski definition) is 0. The second-order valence-electron chi connectivity index (χ2n) is 8.24. The van der Waals surface area contributed by atoms with Gasteiger partial charge >= 0.3 is 0 Å². The quantitative estimate of drug-likeness (QED) is 0.257. The molecule has 1 saturated heterocycles. The molecule has 1 aromatic heterocycles. The van der Waals surface area contributed by atoms with E-state index in [9.17, 15) is 14.9 Å². The fourth-order valence-corrected chi connectivity index (χ4v) is 5.12. The summed E-state index contributed by atoms with van der Waals surface area (Å²) in [7, 11) is 0. The number of halogens is 1. The van der Waals surface area contributed by atoms with Gasteiger partial charge in [-0.15, -0.1) is 0 Å². The molecular formula is C25H21ClN4O4S. The molecule has 1 amide bonds. The Hall–Kier alpha value is -3.56. The number of carbonyl (C=O) groups excluding carboxylic acids is 1. The van der Waals surface area contributed by atoms with Crippen molar-refractivity contribution >= 4 is 51.9 Å². The van der Waals surface area contributed by atoms with Crippen molar-refractivity contribution in [3.8, 4) is 11.3 Å². The first-order valence-corrected chi connectivity index (χ1v) is 12.2. The number of anilines is 1. The lowest BCUT2D eigenvalue weighted by Gasteiger charge is -2.36. The predicted molar refractivity (Wildman–Crippen MR) is 139 cm³/mol. The van der Waals surface area contributed by atoms with Gasteiger partial charge < -0.3 is 14.2 Å². The highest BCUT2D eigenvalue weighted by Gasteiger charge is 2.29. The lowest BCUT2D eigenvalue weighted by atomic mass is 10.1. The van der Waals surface area contributed by atoms with Crippen LogP contribution in [0.3, 0.4) is 0 Å². The van der Waals surface area contributed by atoms with E-state index in [1.165, 1.54) is 29.1 Å². The highest BCUT2D eigenvalue weighted by atomic mass is 35.5. The summed E-state index contributed by atoms with van der Waals surface area (Å²) in [5, 5.41) is 12.4. The Bertz CT molecular complexity index is 1360. The van der Waals surface area contributed by atoms with Crippen LogP contribution in [0.15, 0.2) is 68.9 Å². The molecule has 0 saturated carbocycles. The molecule has 0 spiro atoms. The van der Waals surface area contributed by atoms with E-state index in [4.69, 9.17) is 16.0 Å². The van der Waals surface area contributed by atoms with Crippen LogP contribution in [-0.4, -0.2) is 47.1 Å². The maximum atomic E-state index is 12.5. The molecule has 3 heterocycles. The second-order valence-corrected chi connectivity index (χ2v) is 9.69. The molecule has 0 radical (unpaired) electrons. The van der Waals surface area contributed by atoms with Crippen molar-refractivity contribution in [1.82, 2.24) is 4.90 Å². The summed E-state index contributed by atoms with van der Waals surface area (Å²) >= 11 is 7.22. The molecule has 0 aliphatic carbocycles. The first kappa shape index (κ1) is 23.2. The molecule has 8 nitrogen and oxygen atoms in total. The van der Waals surface area contributed by atoms with Crippen LogP contribution in [0.25, 0.3) is 17.4 Å². The first-order valence-electron chi connectivity index (χ1n) is 11.0. The summed E-state index contributed by atoms with van der Waals surface area (Å²) in [6.45, 7) is 5.30. The third-order valence-corrected chi connectivity index (χ3v) is 7.16. The topological polar surface area (TPSA) is 92.2 Å². The Morgan fingerprint density at radius 3 is 2.49 bits per heavy atom. The molecule has 178 valence electrons. The molecule has 2 aromatic carbocycles. The number of amidine groups is 1. The van der Waals surface area contributed by atoms with E-state index in [2.05, 4.69) is 46.0 Å². The number of furan rings is 1. The predicted octanol–water partition coefficient (Wildman–Crippen LogP) is 5.61. The number of hydrogen-bond acceptors (Lipinski definition) is 7. The van der Waals surface area contributed by atoms with Gasteiger partial charge in [0.2, 0.25) is 0 Å². The van der Waals surface area contributed by atoms with Crippen molar-refractivity contribution in [3.63, 3.8) is 0 Å². The Morgan fingerprint density at radius 1 is 1.06 bits per heavy atom. The molecule has 2 aliphatic rings. The van der Waals surface area contributed by atoms with Crippen molar-refractivity contribution in [3.05, 3.63) is 86.0 Å². The molecule has 35 heavy (non-hydrogen) atoms. The molecule has 3 aromatic rings. The van der Waals surface area contributed by atoms with Crippen LogP contribution < -0.4 is 4.90 Å². The number of benzene rings is 2. The Balaban J connectivity index is 1.26. The van der Waals surface area contributed by atoms with Gasteiger partial charge in [0, 0.05) is 49.0 Å². The first-order chi connectivity index (χ1) is 16.9. The smallest absolute Gasteiger partial charge is 0.286 e. The molecule has 5 rings (SSSR count). The van der Waals surface area contributed by atoms with E-state index in [0.717, 1.165) is 26.2 Å². The van der Waals surface area contributed by atoms with E-state index in [1.807, 2.05) is 0 Å². The molecule has 0 bridgehead atoms. The van der Waals surface area contributed by atoms with E-state index in [1.54, 1.807) is 30.3 Å². The lowest BCUT2D eigenvalue weighted by Crippen LogP contribution is -2.47.